The van der Waals surface area contributed by atoms with E-state index in [9.17, 15) is 9.59 Å². The van der Waals surface area contributed by atoms with Gasteiger partial charge in [-0.1, -0.05) is 17.7 Å². The Morgan fingerprint density at radius 1 is 1.10 bits per heavy atom. The molecule has 1 atom stereocenters. The third kappa shape index (κ3) is 4.74. The van der Waals surface area contributed by atoms with Crippen molar-refractivity contribution in [2.24, 2.45) is 5.92 Å². The molecule has 1 aliphatic heterocycles. The van der Waals surface area contributed by atoms with E-state index in [1.165, 1.54) is 0 Å². The number of aryl methyl sites for hydroxylation is 1. The minimum Gasteiger partial charge on any atom is -0.338 e. The molecule has 2 aromatic heterocycles. The highest BCUT2D eigenvalue weighted by atomic mass is 16.2. The van der Waals surface area contributed by atoms with Crippen molar-refractivity contribution in [1.29, 1.82) is 0 Å². The lowest BCUT2D eigenvalue weighted by atomic mass is 9.96. The molecular formula is C23H25N5O2. The summed E-state index contributed by atoms with van der Waals surface area (Å²) in [4.78, 5) is 31.4. The summed E-state index contributed by atoms with van der Waals surface area (Å²) in [6, 6.07) is 13.2. The number of pyridine rings is 1. The predicted octanol–water partition coefficient (Wildman–Crippen LogP) is 3.13. The molecule has 1 unspecified atom stereocenters. The number of aromatic nitrogens is 3. The first kappa shape index (κ1) is 19.8. The van der Waals surface area contributed by atoms with Crippen molar-refractivity contribution in [2.75, 3.05) is 18.4 Å². The summed E-state index contributed by atoms with van der Waals surface area (Å²) in [6.07, 6.45) is 6.90. The summed E-state index contributed by atoms with van der Waals surface area (Å²) in [7, 11) is 0. The molecule has 1 saturated heterocycles. The fourth-order valence-corrected chi connectivity index (χ4v) is 3.67. The fourth-order valence-electron chi connectivity index (χ4n) is 3.67. The van der Waals surface area contributed by atoms with E-state index in [4.69, 9.17) is 0 Å². The van der Waals surface area contributed by atoms with Crippen LogP contribution >= 0.6 is 0 Å². The number of anilines is 1. The van der Waals surface area contributed by atoms with Crippen LogP contribution in [-0.2, 0) is 11.3 Å². The lowest BCUT2D eigenvalue weighted by Gasteiger charge is -2.32. The van der Waals surface area contributed by atoms with Crippen molar-refractivity contribution in [2.45, 2.75) is 26.3 Å². The van der Waals surface area contributed by atoms with E-state index in [1.54, 1.807) is 28.0 Å². The number of nitrogens with zero attached hydrogens (tertiary/aromatic N) is 4. The number of hydrogen-bond donors (Lipinski definition) is 1. The molecule has 1 fully saturated rings. The van der Waals surface area contributed by atoms with Gasteiger partial charge in [0.2, 0.25) is 5.91 Å². The number of piperidine rings is 1. The molecule has 1 aromatic carbocycles. The molecule has 30 heavy (non-hydrogen) atoms. The minimum absolute atomic E-state index is 0.0193. The zero-order valence-corrected chi connectivity index (χ0v) is 17.0. The van der Waals surface area contributed by atoms with E-state index in [-0.39, 0.29) is 17.7 Å². The number of likely N-dealkylation sites (tertiary alicyclic amines) is 1. The van der Waals surface area contributed by atoms with Crippen molar-refractivity contribution >= 4 is 17.6 Å². The summed E-state index contributed by atoms with van der Waals surface area (Å²) in [5, 5.41) is 7.34. The van der Waals surface area contributed by atoms with Crippen LogP contribution in [0.4, 0.5) is 5.82 Å². The predicted molar refractivity (Wildman–Crippen MR) is 114 cm³/mol. The quantitative estimate of drug-likeness (QED) is 0.710. The minimum atomic E-state index is -0.238. The Morgan fingerprint density at radius 3 is 2.63 bits per heavy atom. The Balaban J connectivity index is 1.35. The number of amides is 2. The first-order valence-corrected chi connectivity index (χ1v) is 10.2. The fraction of sp³-hybridized carbons (Fsp3) is 0.304. The maximum Gasteiger partial charge on any atom is 0.253 e. The summed E-state index contributed by atoms with van der Waals surface area (Å²) >= 11 is 0. The number of benzene rings is 1. The highest BCUT2D eigenvalue weighted by Gasteiger charge is 2.29. The first-order valence-electron chi connectivity index (χ1n) is 10.2. The summed E-state index contributed by atoms with van der Waals surface area (Å²) < 4.78 is 1.78. The Kier molecular flexibility index (Phi) is 5.88. The van der Waals surface area contributed by atoms with Crippen LogP contribution in [0, 0.1) is 12.8 Å². The Labute approximate surface area is 175 Å². The molecule has 7 nitrogen and oxygen atoms in total. The molecule has 2 amide bonds. The smallest absolute Gasteiger partial charge is 0.253 e. The van der Waals surface area contributed by atoms with Crippen LogP contribution < -0.4 is 5.32 Å². The second-order valence-electron chi connectivity index (χ2n) is 7.70. The number of rotatable bonds is 5. The zero-order valence-electron chi connectivity index (χ0n) is 17.0. The van der Waals surface area contributed by atoms with Gasteiger partial charge in [-0.25, -0.2) is 0 Å². The van der Waals surface area contributed by atoms with E-state index in [2.05, 4.69) is 15.4 Å². The van der Waals surface area contributed by atoms with Gasteiger partial charge in [-0.3, -0.25) is 19.3 Å². The topological polar surface area (TPSA) is 80.1 Å². The van der Waals surface area contributed by atoms with Crippen molar-refractivity contribution < 1.29 is 9.59 Å². The van der Waals surface area contributed by atoms with Crippen LogP contribution in [0.15, 0.2) is 61.1 Å². The molecule has 3 heterocycles. The van der Waals surface area contributed by atoms with Gasteiger partial charge in [0, 0.05) is 43.3 Å². The lowest BCUT2D eigenvalue weighted by Crippen LogP contribution is -2.43. The largest absolute Gasteiger partial charge is 0.338 e. The van der Waals surface area contributed by atoms with E-state index in [1.807, 2.05) is 49.5 Å². The van der Waals surface area contributed by atoms with Crippen LogP contribution in [-0.4, -0.2) is 44.6 Å². The highest BCUT2D eigenvalue weighted by Crippen LogP contribution is 2.20. The Hall–Kier alpha value is -3.48. The van der Waals surface area contributed by atoms with Crippen LogP contribution in [0.5, 0.6) is 0 Å². The maximum absolute atomic E-state index is 12.8. The van der Waals surface area contributed by atoms with Crippen molar-refractivity contribution in [3.05, 3.63) is 77.7 Å². The first-order chi connectivity index (χ1) is 14.6. The number of hydrogen-bond acceptors (Lipinski definition) is 4. The van der Waals surface area contributed by atoms with Crippen molar-refractivity contribution in [3.8, 4) is 0 Å². The molecule has 3 aromatic rings. The van der Waals surface area contributed by atoms with E-state index < -0.39 is 0 Å². The molecule has 7 heteroatoms. The van der Waals surface area contributed by atoms with Crippen LogP contribution in [0.3, 0.4) is 0 Å². The summed E-state index contributed by atoms with van der Waals surface area (Å²) in [6.45, 7) is 3.71. The normalized spacial score (nSPS) is 16.3. The van der Waals surface area contributed by atoms with Gasteiger partial charge >= 0.3 is 0 Å². The molecule has 0 saturated carbocycles. The Bertz CT molecular complexity index is 1010. The van der Waals surface area contributed by atoms with Gasteiger partial charge in [0.15, 0.2) is 5.82 Å². The third-order valence-corrected chi connectivity index (χ3v) is 5.36. The number of carbonyl (C=O) groups excluding carboxylic acids is 2. The average molecular weight is 403 g/mol. The second kappa shape index (κ2) is 8.90. The third-order valence-electron chi connectivity index (χ3n) is 5.36. The van der Waals surface area contributed by atoms with Gasteiger partial charge in [0.05, 0.1) is 12.5 Å². The maximum atomic E-state index is 12.8. The van der Waals surface area contributed by atoms with Gasteiger partial charge < -0.3 is 10.2 Å². The van der Waals surface area contributed by atoms with Gasteiger partial charge in [-0.05, 0) is 49.6 Å². The molecule has 1 aliphatic rings. The number of nitrogens with one attached hydrogen (secondary N) is 1. The van der Waals surface area contributed by atoms with Crippen LogP contribution in [0.1, 0.15) is 34.3 Å². The lowest BCUT2D eigenvalue weighted by molar-refractivity contribution is -0.121. The molecule has 0 spiro atoms. The Morgan fingerprint density at radius 2 is 1.87 bits per heavy atom. The number of carbonyl (C=O) groups is 2. The van der Waals surface area contributed by atoms with Gasteiger partial charge in [0.1, 0.15) is 0 Å². The summed E-state index contributed by atoms with van der Waals surface area (Å²) in [5.41, 5.74) is 2.87. The van der Waals surface area contributed by atoms with Gasteiger partial charge in [-0.15, -0.1) is 0 Å². The monoisotopic (exact) mass is 403 g/mol. The van der Waals surface area contributed by atoms with Crippen LogP contribution in [0.2, 0.25) is 0 Å². The average Bonchev–Trinajstić information content (AvgIpc) is 3.21. The molecular weight excluding hydrogens is 378 g/mol. The van der Waals surface area contributed by atoms with Gasteiger partial charge in [0.25, 0.3) is 5.91 Å². The molecule has 154 valence electrons. The standard InChI is InChI=1S/C23H25N5O2/c1-17-4-6-19(7-5-17)23(30)27-13-2-3-20(16-27)22(29)25-21-10-14-28(26-21)15-18-8-11-24-12-9-18/h4-12,14,20H,2-3,13,15-16H2,1H3,(H,25,26,29). The van der Waals surface area contributed by atoms with E-state index in [0.29, 0.717) is 31.0 Å². The second-order valence-corrected chi connectivity index (χ2v) is 7.70. The molecule has 0 bridgehead atoms. The molecule has 1 N–H and O–H groups in total. The molecule has 4 rings (SSSR count). The zero-order chi connectivity index (χ0) is 20.9. The van der Waals surface area contributed by atoms with Gasteiger partial charge in [-0.2, -0.15) is 5.10 Å². The SMILES string of the molecule is Cc1ccc(C(=O)N2CCCC(C(=O)Nc3ccn(Cc4ccncc4)n3)C2)cc1. The van der Waals surface area contributed by atoms with Crippen molar-refractivity contribution in [1.82, 2.24) is 19.7 Å². The van der Waals surface area contributed by atoms with Crippen LogP contribution in [0.25, 0.3) is 0 Å². The summed E-state index contributed by atoms with van der Waals surface area (Å²) in [5.74, 6) is 0.175. The molecule has 0 aliphatic carbocycles. The van der Waals surface area contributed by atoms with E-state index in [0.717, 1.165) is 24.0 Å². The van der Waals surface area contributed by atoms with Crippen molar-refractivity contribution in [3.63, 3.8) is 0 Å². The molecule has 0 radical (unpaired) electrons. The van der Waals surface area contributed by atoms with E-state index >= 15 is 0 Å². The highest BCUT2D eigenvalue weighted by molar-refractivity contribution is 5.96.